The van der Waals surface area contributed by atoms with E-state index in [1.165, 1.54) is 7.11 Å². The molecule has 6 nitrogen and oxygen atoms in total. The maximum Gasteiger partial charge on any atom is 0.330 e. The molecule has 0 radical (unpaired) electrons. The molecule has 0 aromatic heterocycles. The predicted octanol–water partition coefficient (Wildman–Crippen LogP) is 2.54. The smallest absolute Gasteiger partial charge is 0.330 e. The summed E-state index contributed by atoms with van der Waals surface area (Å²) in [6.07, 6.45) is -0.777. The van der Waals surface area contributed by atoms with E-state index in [0.29, 0.717) is 11.3 Å². The van der Waals surface area contributed by atoms with Crippen LogP contribution in [0.4, 0.5) is 0 Å². The lowest BCUT2D eigenvalue weighted by atomic mass is 10.1. The highest BCUT2D eigenvalue weighted by Gasteiger charge is 2.25. The lowest BCUT2D eigenvalue weighted by molar-refractivity contribution is -0.144. The van der Waals surface area contributed by atoms with Crippen molar-refractivity contribution in [2.24, 2.45) is 0 Å². The fourth-order valence-corrected chi connectivity index (χ4v) is 2.21. The first-order chi connectivity index (χ1) is 12.0. The molecule has 6 heteroatoms. The zero-order chi connectivity index (χ0) is 18.2. The average Bonchev–Trinajstić information content (AvgIpc) is 2.64. The molecule has 0 heterocycles. The Hall–Kier alpha value is -2.86. The van der Waals surface area contributed by atoms with Gasteiger partial charge in [0.25, 0.3) is 0 Å². The molecule has 2 unspecified atom stereocenters. The molecule has 2 atom stereocenters. The van der Waals surface area contributed by atoms with Crippen LogP contribution in [0.15, 0.2) is 54.6 Å². The number of carboxylic acids is 1. The Morgan fingerprint density at radius 2 is 1.72 bits per heavy atom. The van der Waals surface area contributed by atoms with Crippen LogP contribution in [-0.4, -0.2) is 30.2 Å². The molecular formula is C19H21NO5. The predicted molar refractivity (Wildman–Crippen MR) is 92.2 cm³/mol. The molecule has 0 bridgehead atoms. The summed E-state index contributed by atoms with van der Waals surface area (Å²) in [7, 11) is 1.53. The average molecular weight is 343 g/mol. The van der Waals surface area contributed by atoms with Gasteiger partial charge >= 0.3 is 5.97 Å². The van der Waals surface area contributed by atoms with E-state index in [1.54, 1.807) is 31.2 Å². The zero-order valence-electron chi connectivity index (χ0n) is 14.1. The van der Waals surface area contributed by atoms with Gasteiger partial charge in [0, 0.05) is 0 Å². The van der Waals surface area contributed by atoms with Crippen LogP contribution < -0.4 is 10.1 Å². The number of carboxylic acid groups (broad SMARTS) is 1. The summed E-state index contributed by atoms with van der Waals surface area (Å²) in [5.41, 5.74) is 1.39. The van der Waals surface area contributed by atoms with E-state index < -0.39 is 24.0 Å². The maximum absolute atomic E-state index is 12.3. The molecule has 25 heavy (non-hydrogen) atoms. The van der Waals surface area contributed by atoms with Gasteiger partial charge in [-0.3, -0.25) is 4.79 Å². The standard InChI is InChI=1S/C19H21NO5/c1-13(25-12-14-6-4-3-5-7-14)18(21)20-17(19(22)23)15-8-10-16(24-2)11-9-15/h3-11,13,17H,12H2,1-2H3,(H,20,21)(H,22,23). The fourth-order valence-electron chi connectivity index (χ4n) is 2.21. The number of ether oxygens (including phenoxy) is 2. The van der Waals surface area contributed by atoms with Gasteiger partial charge in [-0.2, -0.15) is 0 Å². The summed E-state index contributed by atoms with van der Waals surface area (Å²) in [6.45, 7) is 1.86. The van der Waals surface area contributed by atoms with Crippen molar-refractivity contribution in [2.75, 3.05) is 7.11 Å². The van der Waals surface area contributed by atoms with Gasteiger partial charge in [0.1, 0.15) is 11.9 Å². The summed E-state index contributed by atoms with van der Waals surface area (Å²) in [5, 5.41) is 11.9. The second kappa shape index (κ2) is 8.84. The van der Waals surface area contributed by atoms with Crippen molar-refractivity contribution < 1.29 is 24.2 Å². The molecule has 0 saturated carbocycles. The van der Waals surface area contributed by atoms with Crippen LogP contribution in [-0.2, 0) is 20.9 Å². The first kappa shape index (κ1) is 18.5. The molecule has 2 rings (SSSR count). The molecule has 2 N–H and O–H groups in total. The van der Waals surface area contributed by atoms with E-state index in [9.17, 15) is 14.7 Å². The van der Waals surface area contributed by atoms with Gasteiger partial charge in [-0.05, 0) is 30.2 Å². The van der Waals surface area contributed by atoms with Gasteiger partial charge in [-0.15, -0.1) is 0 Å². The van der Waals surface area contributed by atoms with Gasteiger partial charge in [0.15, 0.2) is 6.04 Å². The second-order valence-electron chi connectivity index (χ2n) is 5.49. The molecule has 0 saturated heterocycles. The highest BCUT2D eigenvalue weighted by Crippen LogP contribution is 2.18. The van der Waals surface area contributed by atoms with Crippen LogP contribution in [0.3, 0.4) is 0 Å². The third-order valence-electron chi connectivity index (χ3n) is 3.69. The van der Waals surface area contributed by atoms with E-state index in [4.69, 9.17) is 9.47 Å². The number of methoxy groups -OCH3 is 1. The number of aliphatic carboxylic acids is 1. The molecule has 0 aliphatic carbocycles. The largest absolute Gasteiger partial charge is 0.497 e. The summed E-state index contributed by atoms with van der Waals surface area (Å²) in [6, 6.07) is 14.8. The number of carbonyl (C=O) groups excluding carboxylic acids is 1. The van der Waals surface area contributed by atoms with Gasteiger partial charge in [-0.25, -0.2) is 4.79 Å². The molecule has 2 aromatic carbocycles. The van der Waals surface area contributed by atoms with Crippen molar-refractivity contribution in [3.8, 4) is 5.75 Å². The number of nitrogens with one attached hydrogen (secondary N) is 1. The van der Waals surface area contributed by atoms with E-state index in [0.717, 1.165) is 5.56 Å². The van der Waals surface area contributed by atoms with Gasteiger partial charge < -0.3 is 19.9 Å². The van der Waals surface area contributed by atoms with E-state index >= 15 is 0 Å². The van der Waals surface area contributed by atoms with Crippen LogP contribution in [0.1, 0.15) is 24.1 Å². The summed E-state index contributed by atoms with van der Waals surface area (Å²) >= 11 is 0. The normalized spacial score (nSPS) is 12.9. The third-order valence-corrected chi connectivity index (χ3v) is 3.69. The fraction of sp³-hybridized carbons (Fsp3) is 0.263. The number of benzene rings is 2. The topological polar surface area (TPSA) is 84.9 Å². The first-order valence-corrected chi connectivity index (χ1v) is 7.84. The van der Waals surface area contributed by atoms with Crippen LogP contribution in [0, 0.1) is 0 Å². The van der Waals surface area contributed by atoms with Crippen molar-refractivity contribution in [1.82, 2.24) is 5.32 Å². The summed E-state index contributed by atoms with van der Waals surface area (Å²) < 4.78 is 10.6. The molecule has 0 aliphatic heterocycles. The number of hydrogen-bond donors (Lipinski definition) is 2. The summed E-state index contributed by atoms with van der Waals surface area (Å²) in [4.78, 5) is 23.8. The van der Waals surface area contributed by atoms with Crippen molar-refractivity contribution >= 4 is 11.9 Å². The number of carbonyl (C=O) groups is 2. The number of hydrogen-bond acceptors (Lipinski definition) is 4. The molecule has 0 spiro atoms. The highest BCUT2D eigenvalue weighted by molar-refractivity contribution is 5.86. The molecule has 1 amide bonds. The molecular weight excluding hydrogens is 322 g/mol. The Morgan fingerprint density at radius 3 is 2.28 bits per heavy atom. The summed E-state index contributed by atoms with van der Waals surface area (Å²) in [5.74, 6) is -1.02. The molecule has 0 aliphatic rings. The molecule has 2 aromatic rings. The van der Waals surface area contributed by atoms with Gasteiger partial charge in [0.05, 0.1) is 13.7 Å². The van der Waals surface area contributed by atoms with Crippen LogP contribution in [0.2, 0.25) is 0 Å². The number of rotatable bonds is 8. The monoisotopic (exact) mass is 343 g/mol. The van der Waals surface area contributed by atoms with Gasteiger partial charge in [0.2, 0.25) is 5.91 Å². The minimum Gasteiger partial charge on any atom is -0.497 e. The van der Waals surface area contributed by atoms with Crippen LogP contribution >= 0.6 is 0 Å². The lowest BCUT2D eigenvalue weighted by Gasteiger charge is -2.19. The van der Waals surface area contributed by atoms with Crippen molar-refractivity contribution in [3.05, 3.63) is 65.7 Å². The Kier molecular flexibility index (Phi) is 6.54. The Bertz CT molecular complexity index is 700. The van der Waals surface area contributed by atoms with E-state index in [-0.39, 0.29) is 6.61 Å². The Labute approximate surface area is 146 Å². The highest BCUT2D eigenvalue weighted by atomic mass is 16.5. The van der Waals surface area contributed by atoms with Crippen LogP contribution in [0.25, 0.3) is 0 Å². The minimum atomic E-state index is -1.15. The SMILES string of the molecule is COc1ccc(C(NC(=O)C(C)OCc2ccccc2)C(=O)O)cc1. The quantitative estimate of drug-likeness (QED) is 0.769. The van der Waals surface area contributed by atoms with Crippen molar-refractivity contribution in [3.63, 3.8) is 0 Å². The maximum atomic E-state index is 12.3. The lowest BCUT2D eigenvalue weighted by Crippen LogP contribution is -2.40. The minimum absolute atomic E-state index is 0.274. The molecule has 0 fully saturated rings. The zero-order valence-corrected chi connectivity index (χ0v) is 14.1. The first-order valence-electron chi connectivity index (χ1n) is 7.84. The Morgan fingerprint density at radius 1 is 1.08 bits per heavy atom. The van der Waals surface area contributed by atoms with Crippen molar-refractivity contribution in [1.29, 1.82) is 0 Å². The van der Waals surface area contributed by atoms with Gasteiger partial charge in [-0.1, -0.05) is 42.5 Å². The second-order valence-corrected chi connectivity index (χ2v) is 5.49. The number of amides is 1. The third kappa shape index (κ3) is 5.32. The van der Waals surface area contributed by atoms with E-state index in [1.807, 2.05) is 30.3 Å². The van der Waals surface area contributed by atoms with E-state index in [2.05, 4.69) is 5.32 Å². The van der Waals surface area contributed by atoms with Crippen LogP contribution in [0.5, 0.6) is 5.75 Å². The van der Waals surface area contributed by atoms with Crippen molar-refractivity contribution in [2.45, 2.75) is 25.7 Å². The Balaban J connectivity index is 1.97. The molecule has 132 valence electrons.